The van der Waals surface area contributed by atoms with Crippen LogP contribution in [0.15, 0.2) is 65.1 Å². The largest absolute Gasteiger partial charge is 0.465 e. The summed E-state index contributed by atoms with van der Waals surface area (Å²) in [4.78, 5) is 25.9. The van der Waals surface area contributed by atoms with Gasteiger partial charge in [0.1, 0.15) is 0 Å². The first kappa shape index (κ1) is 24.7. The zero-order valence-electron chi connectivity index (χ0n) is 19.3. The fourth-order valence-corrected chi connectivity index (χ4v) is 5.67. The summed E-state index contributed by atoms with van der Waals surface area (Å²) in [6.45, 7) is 7.18. The number of aryl methyl sites for hydroxylation is 2. The minimum atomic E-state index is -4.20. The summed E-state index contributed by atoms with van der Waals surface area (Å²) in [5.74, 6) is -1.55. The number of carbonyl (C=O) groups is 2. The zero-order valence-corrected chi connectivity index (χ0v) is 20.1. The summed E-state index contributed by atoms with van der Waals surface area (Å²) in [5.41, 5.74) is 2.54. The van der Waals surface area contributed by atoms with E-state index in [1.165, 1.54) is 12.1 Å². The molecule has 0 saturated heterocycles. The van der Waals surface area contributed by atoms with Crippen molar-refractivity contribution in [2.75, 3.05) is 13.2 Å². The van der Waals surface area contributed by atoms with Crippen LogP contribution in [0.4, 0.5) is 0 Å². The van der Waals surface area contributed by atoms with Crippen LogP contribution in [0.5, 0.6) is 0 Å². The van der Waals surface area contributed by atoms with E-state index in [9.17, 15) is 18.0 Å². The highest BCUT2D eigenvalue weighted by Crippen LogP contribution is 2.39. The molecule has 1 heterocycles. The molecule has 3 rings (SSSR count). The van der Waals surface area contributed by atoms with Crippen molar-refractivity contribution >= 4 is 22.0 Å². The summed E-state index contributed by atoms with van der Waals surface area (Å²) in [5, 5.41) is 0. The van der Waals surface area contributed by atoms with Crippen molar-refractivity contribution in [1.82, 2.24) is 4.31 Å². The number of carbonyl (C=O) groups excluding carboxylic acids is 2. The summed E-state index contributed by atoms with van der Waals surface area (Å²) in [7, 11) is -4.20. The minimum absolute atomic E-state index is 0.0325. The maximum absolute atomic E-state index is 14.0. The molecule has 2 unspecified atom stereocenters. The van der Waals surface area contributed by atoms with Crippen LogP contribution in [0.1, 0.15) is 43.0 Å². The van der Waals surface area contributed by atoms with Crippen molar-refractivity contribution in [1.29, 1.82) is 0 Å². The molecule has 2 aromatic rings. The average molecular weight is 472 g/mol. The van der Waals surface area contributed by atoms with Crippen molar-refractivity contribution in [2.24, 2.45) is 0 Å². The average Bonchev–Trinajstić information content (AvgIpc) is 2.78. The van der Waals surface area contributed by atoms with Crippen molar-refractivity contribution in [3.8, 4) is 0 Å². The Balaban J connectivity index is 2.24. The van der Waals surface area contributed by atoms with Gasteiger partial charge in [-0.25, -0.2) is 18.0 Å². The predicted molar refractivity (Wildman–Crippen MR) is 124 cm³/mol. The third kappa shape index (κ3) is 5.17. The van der Waals surface area contributed by atoms with Crippen molar-refractivity contribution in [3.05, 3.63) is 76.9 Å². The lowest BCUT2D eigenvalue weighted by atomic mass is 9.92. The smallest absolute Gasteiger partial charge is 0.335 e. The number of benzene rings is 2. The van der Waals surface area contributed by atoms with Crippen LogP contribution in [0.3, 0.4) is 0 Å². The molecule has 7 nitrogen and oxygen atoms in total. The summed E-state index contributed by atoms with van der Waals surface area (Å²) < 4.78 is 39.4. The minimum Gasteiger partial charge on any atom is -0.465 e. The Morgan fingerprint density at radius 1 is 0.970 bits per heavy atom. The van der Waals surface area contributed by atoms with Gasteiger partial charge in [0.05, 0.1) is 29.7 Å². The first-order valence-electron chi connectivity index (χ1n) is 10.9. The molecule has 176 valence electrons. The van der Waals surface area contributed by atoms with E-state index in [2.05, 4.69) is 0 Å². The van der Waals surface area contributed by atoms with Gasteiger partial charge in [-0.2, -0.15) is 4.31 Å². The van der Waals surface area contributed by atoms with Gasteiger partial charge in [-0.05, 0) is 51.8 Å². The van der Waals surface area contributed by atoms with E-state index in [0.717, 1.165) is 21.0 Å². The van der Waals surface area contributed by atoms with Crippen LogP contribution in [-0.4, -0.2) is 43.9 Å². The Labute approximate surface area is 195 Å². The second-order valence-corrected chi connectivity index (χ2v) is 9.69. The maximum Gasteiger partial charge on any atom is 0.335 e. The van der Waals surface area contributed by atoms with Gasteiger partial charge in [0.25, 0.3) is 0 Å². The highest BCUT2D eigenvalue weighted by Gasteiger charge is 2.48. The van der Waals surface area contributed by atoms with E-state index >= 15 is 0 Å². The molecular weight excluding hydrogens is 442 g/mol. The Bertz CT molecular complexity index is 1150. The Hall–Kier alpha value is -2.97. The van der Waals surface area contributed by atoms with Crippen LogP contribution in [-0.2, 0) is 29.1 Å². The molecule has 1 aliphatic heterocycles. The van der Waals surface area contributed by atoms with E-state index in [0.29, 0.717) is 0 Å². The number of nitrogens with zero attached hydrogens (tertiary/aromatic N) is 1. The molecule has 0 aromatic heterocycles. The molecule has 0 aliphatic carbocycles. The van der Waals surface area contributed by atoms with E-state index in [1.807, 2.05) is 38.1 Å². The standard InChI is InChI=1S/C25H29NO6S/c1-5-31-24(27)21-14-15-22(19-9-7-8-18(4)16-19)26(23(21)25(28)32-6-2)33(29,30)20-12-10-17(3)11-13-20/h7-14,16,22-23H,5-6,15H2,1-4H3. The molecule has 33 heavy (non-hydrogen) atoms. The molecule has 0 amide bonds. The van der Waals surface area contributed by atoms with E-state index in [-0.39, 0.29) is 30.1 Å². The van der Waals surface area contributed by atoms with Crippen molar-refractivity contribution in [3.63, 3.8) is 0 Å². The molecule has 0 fully saturated rings. The monoisotopic (exact) mass is 471 g/mol. The lowest BCUT2D eigenvalue weighted by Crippen LogP contribution is -2.52. The first-order valence-corrected chi connectivity index (χ1v) is 12.3. The number of sulfonamides is 1. The molecular formula is C25H29NO6S. The van der Waals surface area contributed by atoms with Gasteiger partial charge in [0.15, 0.2) is 6.04 Å². The molecule has 2 atom stereocenters. The third-order valence-electron chi connectivity index (χ3n) is 5.46. The molecule has 0 bridgehead atoms. The van der Waals surface area contributed by atoms with Gasteiger partial charge in [0, 0.05) is 0 Å². The second kappa shape index (κ2) is 10.3. The van der Waals surface area contributed by atoms with Crippen LogP contribution in [0.25, 0.3) is 0 Å². The molecule has 0 spiro atoms. The number of rotatable bonds is 7. The van der Waals surface area contributed by atoms with Gasteiger partial charge in [-0.15, -0.1) is 0 Å². The van der Waals surface area contributed by atoms with Gasteiger partial charge in [-0.1, -0.05) is 53.6 Å². The second-order valence-electron chi connectivity index (χ2n) is 7.85. The van der Waals surface area contributed by atoms with Gasteiger partial charge < -0.3 is 9.47 Å². The van der Waals surface area contributed by atoms with Crippen LogP contribution >= 0.6 is 0 Å². The van der Waals surface area contributed by atoms with E-state index in [4.69, 9.17) is 9.47 Å². The third-order valence-corrected chi connectivity index (χ3v) is 7.35. The summed E-state index contributed by atoms with van der Waals surface area (Å²) in [6, 6.07) is 11.7. The molecule has 8 heteroatoms. The molecule has 2 aromatic carbocycles. The van der Waals surface area contributed by atoms with Crippen LogP contribution < -0.4 is 0 Å². The Kier molecular flexibility index (Phi) is 7.71. The Morgan fingerprint density at radius 3 is 2.24 bits per heavy atom. The topological polar surface area (TPSA) is 90.0 Å². The fraction of sp³-hybridized carbons (Fsp3) is 0.360. The summed E-state index contributed by atoms with van der Waals surface area (Å²) >= 11 is 0. The molecule has 0 N–H and O–H groups in total. The molecule has 0 saturated carbocycles. The van der Waals surface area contributed by atoms with Crippen LogP contribution in [0.2, 0.25) is 0 Å². The molecule has 1 aliphatic rings. The predicted octanol–water partition coefficient (Wildman–Crippen LogP) is 3.86. The Morgan fingerprint density at radius 2 is 1.64 bits per heavy atom. The lowest BCUT2D eigenvalue weighted by molar-refractivity contribution is -0.150. The van der Waals surface area contributed by atoms with Gasteiger partial charge in [0.2, 0.25) is 10.0 Å². The highest BCUT2D eigenvalue weighted by atomic mass is 32.2. The van der Waals surface area contributed by atoms with Crippen molar-refractivity contribution < 1.29 is 27.5 Å². The number of hydrogen-bond acceptors (Lipinski definition) is 6. The van der Waals surface area contributed by atoms with Crippen LogP contribution in [0, 0.1) is 13.8 Å². The van der Waals surface area contributed by atoms with Gasteiger partial charge >= 0.3 is 11.9 Å². The normalized spacial score (nSPS) is 19.0. The number of ether oxygens (including phenoxy) is 2. The van der Waals surface area contributed by atoms with Gasteiger partial charge in [-0.3, -0.25) is 0 Å². The zero-order chi connectivity index (χ0) is 24.2. The lowest BCUT2D eigenvalue weighted by Gasteiger charge is -2.39. The quantitative estimate of drug-likeness (QED) is 0.570. The highest BCUT2D eigenvalue weighted by molar-refractivity contribution is 7.89. The number of esters is 2. The molecule has 0 radical (unpaired) electrons. The van der Waals surface area contributed by atoms with E-state index in [1.54, 1.807) is 32.1 Å². The fourth-order valence-electron chi connectivity index (χ4n) is 3.93. The SMILES string of the molecule is CCOC(=O)C1=CCC(c2cccc(C)c2)N(S(=O)(=O)c2ccc(C)cc2)C1C(=O)OCC. The van der Waals surface area contributed by atoms with Crippen molar-refractivity contribution in [2.45, 2.75) is 51.1 Å². The number of hydrogen-bond donors (Lipinski definition) is 0. The maximum atomic E-state index is 14.0. The first-order chi connectivity index (χ1) is 15.7. The van der Waals surface area contributed by atoms with E-state index < -0.39 is 34.0 Å². The summed E-state index contributed by atoms with van der Waals surface area (Å²) in [6.07, 6.45) is 1.80.